The molecule has 0 saturated heterocycles. The number of benzene rings is 1. The van der Waals surface area contributed by atoms with Gasteiger partial charge in [-0.1, -0.05) is 24.3 Å². The van der Waals surface area contributed by atoms with Gasteiger partial charge in [0.1, 0.15) is 0 Å². The average molecular weight is 318 g/mol. The Morgan fingerprint density at radius 1 is 0.900 bits per heavy atom. The zero-order valence-corrected chi connectivity index (χ0v) is 14.5. The van der Waals surface area contributed by atoms with E-state index in [1.807, 2.05) is 24.3 Å². The standard InChI is InChI=1S/C14H24O4P2/c1-5-17-20(16,18-6-2)12-14-10-8-7-9-13(14)11-19(3,4)15/h7-10H,5-6,11-12H2,1-4H3. The van der Waals surface area contributed by atoms with Crippen LogP contribution in [-0.2, 0) is 30.5 Å². The summed E-state index contributed by atoms with van der Waals surface area (Å²) in [5.41, 5.74) is 1.85. The lowest BCUT2D eigenvalue weighted by atomic mass is 10.1. The van der Waals surface area contributed by atoms with Crippen molar-refractivity contribution < 1.29 is 18.2 Å². The summed E-state index contributed by atoms with van der Waals surface area (Å²) < 4.78 is 35.3. The lowest BCUT2D eigenvalue weighted by molar-refractivity contribution is 0.219. The van der Waals surface area contributed by atoms with Crippen molar-refractivity contribution in [3.05, 3.63) is 35.4 Å². The first-order valence-corrected chi connectivity index (χ1v) is 11.3. The van der Waals surface area contributed by atoms with E-state index in [4.69, 9.17) is 9.05 Å². The van der Waals surface area contributed by atoms with Gasteiger partial charge in [-0.25, -0.2) is 0 Å². The van der Waals surface area contributed by atoms with Gasteiger partial charge in [0.2, 0.25) is 0 Å². The summed E-state index contributed by atoms with van der Waals surface area (Å²) in [5.74, 6) is 0. The molecule has 114 valence electrons. The minimum atomic E-state index is -3.12. The van der Waals surface area contributed by atoms with E-state index in [1.54, 1.807) is 27.2 Å². The van der Waals surface area contributed by atoms with E-state index in [0.717, 1.165) is 11.1 Å². The number of hydrogen-bond acceptors (Lipinski definition) is 4. The molecule has 0 heterocycles. The van der Waals surface area contributed by atoms with Crippen molar-refractivity contribution in [2.75, 3.05) is 26.5 Å². The molecule has 0 spiro atoms. The maximum absolute atomic E-state index is 12.6. The molecule has 20 heavy (non-hydrogen) atoms. The van der Waals surface area contributed by atoms with Crippen molar-refractivity contribution in [2.45, 2.75) is 26.2 Å². The zero-order chi connectivity index (χ0) is 15.2. The number of hydrogen-bond donors (Lipinski definition) is 0. The van der Waals surface area contributed by atoms with E-state index in [2.05, 4.69) is 0 Å². The average Bonchev–Trinajstić information content (AvgIpc) is 2.30. The van der Waals surface area contributed by atoms with Crippen LogP contribution in [0.2, 0.25) is 0 Å². The summed E-state index contributed by atoms with van der Waals surface area (Å²) in [6.45, 7) is 7.80. The second-order valence-corrected chi connectivity index (χ2v) is 10.6. The van der Waals surface area contributed by atoms with Crippen molar-refractivity contribution in [3.63, 3.8) is 0 Å². The molecule has 0 radical (unpaired) electrons. The van der Waals surface area contributed by atoms with Gasteiger partial charge in [0.15, 0.2) is 0 Å². The van der Waals surface area contributed by atoms with Crippen molar-refractivity contribution in [1.29, 1.82) is 0 Å². The van der Waals surface area contributed by atoms with Gasteiger partial charge >= 0.3 is 7.60 Å². The van der Waals surface area contributed by atoms with E-state index >= 15 is 0 Å². The van der Waals surface area contributed by atoms with E-state index in [1.165, 1.54) is 0 Å². The molecule has 0 atom stereocenters. The van der Waals surface area contributed by atoms with Crippen LogP contribution in [-0.4, -0.2) is 26.5 Å². The molecule has 1 aromatic rings. The highest BCUT2D eigenvalue weighted by Gasteiger charge is 2.25. The molecule has 0 aliphatic heterocycles. The van der Waals surface area contributed by atoms with Gasteiger partial charge in [-0.15, -0.1) is 0 Å². The molecule has 0 aromatic heterocycles. The second kappa shape index (κ2) is 7.56. The first kappa shape index (κ1) is 17.7. The van der Waals surface area contributed by atoms with Gasteiger partial charge in [-0.05, 0) is 38.3 Å². The van der Waals surface area contributed by atoms with Crippen LogP contribution in [0.3, 0.4) is 0 Å². The van der Waals surface area contributed by atoms with Crippen LogP contribution in [0.4, 0.5) is 0 Å². The third kappa shape index (κ3) is 5.93. The molecule has 0 aliphatic rings. The minimum Gasteiger partial charge on any atom is -0.324 e. The summed E-state index contributed by atoms with van der Waals surface area (Å²) in [5, 5.41) is 0. The molecule has 0 amide bonds. The van der Waals surface area contributed by atoms with Crippen LogP contribution in [0.25, 0.3) is 0 Å². The molecular weight excluding hydrogens is 294 g/mol. The van der Waals surface area contributed by atoms with E-state index in [0.29, 0.717) is 19.4 Å². The topological polar surface area (TPSA) is 52.6 Å². The van der Waals surface area contributed by atoms with Gasteiger partial charge in [-0.3, -0.25) is 4.57 Å². The zero-order valence-electron chi connectivity index (χ0n) is 12.7. The fraction of sp³-hybridized carbons (Fsp3) is 0.571. The molecule has 0 bridgehead atoms. The van der Waals surface area contributed by atoms with E-state index < -0.39 is 14.7 Å². The lowest BCUT2D eigenvalue weighted by Crippen LogP contribution is -2.02. The summed E-state index contributed by atoms with van der Waals surface area (Å²) in [4.78, 5) is 0. The Hall–Kier alpha value is -0.400. The van der Waals surface area contributed by atoms with Gasteiger partial charge in [0.05, 0.1) is 26.5 Å². The quantitative estimate of drug-likeness (QED) is 0.659. The maximum Gasteiger partial charge on any atom is 0.335 e. The summed E-state index contributed by atoms with van der Waals surface area (Å²) in [7, 11) is -5.31. The van der Waals surface area contributed by atoms with Crippen LogP contribution in [0.15, 0.2) is 24.3 Å². The van der Waals surface area contributed by atoms with Crippen molar-refractivity contribution >= 4 is 14.7 Å². The Bertz CT molecular complexity index is 512. The normalized spacial score (nSPS) is 12.6. The monoisotopic (exact) mass is 318 g/mol. The molecule has 6 heteroatoms. The highest BCUT2D eigenvalue weighted by atomic mass is 31.2. The Labute approximate surface area is 121 Å². The largest absolute Gasteiger partial charge is 0.335 e. The molecular formula is C14H24O4P2. The molecule has 0 fully saturated rings. The molecule has 1 aromatic carbocycles. The van der Waals surface area contributed by atoms with Crippen LogP contribution in [0.5, 0.6) is 0 Å². The Balaban J connectivity index is 3.01. The van der Waals surface area contributed by atoms with Crippen LogP contribution in [0, 0.1) is 0 Å². The second-order valence-electron chi connectivity index (χ2n) is 5.11. The Kier molecular flexibility index (Phi) is 6.68. The van der Waals surface area contributed by atoms with Gasteiger partial charge in [0.25, 0.3) is 0 Å². The van der Waals surface area contributed by atoms with E-state index in [-0.39, 0.29) is 6.16 Å². The van der Waals surface area contributed by atoms with Gasteiger partial charge in [0, 0.05) is 6.16 Å². The van der Waals surface area contributed by atoms with Gasteiger partial charge < -0.3 is 13.6 Å². The summed E-state index contributed by atoms with van der Waals surface area (Å²) in [6, 6.07) is 7.62. The van der Waals surface area contributed by atoms with Crippen molar-refractivity contribution in [3.8, 4) is 0 Å². The molecule has 0 aliphatic carbocycles. The van der Waals surface area contributed by atoms with Crippen LogP contribution < -0.4 is 0 Å². The van der Waals surface area contributed by atoms with Crippen LogP contribution in [0.1, 0.15) is 25.0 Å². The maximum atomic E-state index is 12.6. The van der Waals surface area contributed by atoms with Gasteiger partial charge in [-0.2, -0.15) is 0 Å². The molecule has 1 rings (SSSR count). The van der Waals surface area contributed by atoms with Crippen molar-refractivity contribution in [2.24, 2.45) is 0 Å². The number of rotatable bonds is 8. The third-order valence-electron chi connectivity index (χ3n) is 2.69. The van der Waals surface area contributed by atoms with Crippen molar-refractivity contribution in [1.82, 2.24) is 0 Å². The fourth-order valence-electron chi connectivity index (χ4n) is 2.01. The Morgan fingerprint density at radius 2 is 1.35 bits per heavy atom. The highest BCUT2D eigenvalue weighted by molar-refractivity contribution is 7.61. The summed E-state index contributed by atoms with van der Waals surface area (Å²) in [6.07, 6.45) is 0.728. The molecule has 0 saturated carbocycles. The third-order valence-corrected chi connectivity index (χ3v) is 5.82. The van der Waals surface area contributed by atoms with E-state index in [9.17, 15) is 9.13 Å². The predicted octanol–water partition coefficient (Wildman–Crippen LogP) is 4.58. The first-order chi connectivity index (χ1) is 9.29. The highest BCUT2D eigenvalue weighted by Crippen LogP contribution is 2.52. The smallest absolute Gasteiger partial charge is 0.324 e. The fourth-order valence-corrected chi connectivity index (χ4v) is 4.91. The first-order valence-electron chi connectivity index (χ1n) is 6.78. The molecule has 0 unspecified atom stereocenters. The minimum absolute atomic E-state index is 0.227. The van der Waals surface area contributed by atoms with Crippen LogP contribution >= 0.6 is 14.7 Å². The Morgan fingerprint density at radius 3 is 1.75 bits per heavy atom. The predicted molar refractivity (Wildman–Crippen MR) is 84.2 cm³/mol. The molecule has 4 nitrogen and oxygen atoms in total. The lowest BCUT2D eigenvalue weighted by Gasteiger charge is -2.19. The SMILES string of the molecule is CCOP(=O)(Cc1ccccc1CP(C)(C)=O)OCC. The summed E-state index contributed by atoms with van der Waals surface area (Å²) >= 11 is 0. The molecule has 0 N–H and O–H groups in total.